The van der Waals surface area contributed by atoms with Gasteiger partial charge in [0.25, 0.3) is 0 Å². The van der Waals surface area contributed by atoms with Crippen molar-refractivity contribution in [3.63, 3.8) is 0 Å². The lowest BCUT2D eigenvalue weighted by molar-refractivity contribution is 0.0201. The van der Waals surface area contributed by atoms with Crippen LogP contribution < -0.4 is 0 Å². The van der Waals surface area contributed by atoms with Crippen molar-refractivity contribution in [3.05, 3.63) is 65.7 Å². The van der Waals surface area contributed by atoms with Gasteiger partial charge in [-0.2, -0.15) is 0 Å². The summed E-state index contributed by atoms with van der Waals surface area (Å²) in [6.07, 6.45) is 0. The maximum atomic E-state index is 13.0. The van der Waals surface area contributed by atoms with Gasteiger partial charge in [-0.25, -0.2) is 0 Å². The Morgan fingerprint density at radius 3 is 1.91 bits per heavy atom. The van der Waals surface area contributed by atoms with E-state index in [4.69, 9.17) is 0 Å². The van der Waals surface area contributed by atoms with Crippen LogP contribution in [0.25, 0.3) is 0 Å². The highest BCUT2D eigenvalue weighted by molar-refractivity contribution is 8.01. The smallest absolute Gasteiger partial charge is 0.196 e. The van der Waals surface area contributed by atoms with Crippen molar-refractivity contribution in [1.29, 1.82) is 0 Å². The van der Waals surface area contributed by atoms with Crippen LogP contribution in [0, 0.1) is 0 Å². The zero-order valence-electron chi connectivity index (χ0n) is 12.4. The van der Waals surface area contributed by atoms with E-state index in [1.165, 1.54) is 18.7 Å². The molecular weight excluding hydrogens is 296 g/mol. The number of benzene rings is 2. The van der Waals surface area contributed by atoms with Gasteiger partial charge in [-0.15, -0.1) is 11.8 Å². The van der Waals surface area contributed by atoms with Crippen molar-refractivity contribution in [1.82, 2.24) is 0 Å². The molecule has 0 radical (unpaired) electrons. The Labute approximate surface area is 133 Å². The third-order valence-electron chi connectivity index (χ3n) is 4.29. The lowest BCUT2D eigenvalue weighted by atomic mass is 9.72. The first-order chi connectivity index (χ1) is 10.4. The van der Waals surface area contributed by atoms with Crippen LogP contribution >= 0.6 is 11.8 Å². The number of thioether (sulfide) groups is 1. The van der Waals surface area contributed by atoms with Crippen LogP contribution in [-0.2, 0) is 0 Å². The number of hydrogen-bond acceptors (Lipinski definition) is 4. The van der Waals surface area contributed by atoms with Gasteiger partial charge in [0.05, 0.1) is 0 Å². The molecule has 4 heteroatoms. The molecule has 0 saturated carbocycles. The third kappa shape index (κ3) is 2.02. The molecule has 22 heavy (non-hydrogen) atoms. The minimum absolute atomic E-state index is 0.221. The Bertz CT molecular complexity index is 752. The van der Waals surface area contributed by atoms with Crippen molar-refractivity contribution in [2.45, 2.75) is 29.1 Å². The Balaban J connectivity index is 2.15. The fourth-order valence-electron chi connectivity index (χ4n) is 2.71. The van der Waals surface area contributed by atoms with E-state index in [9.17, 15) is 14.7 Å². The molecule has 1 N–H and O–H groups in total. The molecule has 112 valence electrons. The van der Waals surface area contributed by atoms with Crippen LogP contribution in [0.5, 0.6) is 0 Å². The molecule has 0 fully saturated rings. The van der Waals surface area contributed by atoms with Gasteiger partial charge in [-0.05, 0) is 26.0 Å². The SMILES string of the molecule is C[C@]1(Sc2ccccc2)C(=O)c2ccccc2C(=O)[C@@]1(C)O. The minimum Gasteiger partial charge on any atom is -0.380 e. The normalized spacial score (nSPS) is 27.6. The van der Waals surface area contributed by atoms with Gasteiger partial charge in [0.15, 0.2) is 11.6 Å². The summed E-state index contributed by atoms with van der Waals surface area (Å²) in [6.45, 7) is 3.07. The number of Topliss-reactive ketones (excluding diaryl/α,β-unsaturated/α-hetero) is 2. The summed E-state index contributed by atoms with van der Waals surface area (Å²) in [5, 5.41) is 10.8. The molecule has 0 aliphatic heterocycles. The monoisotopic (exact) mass is 312 g/mol. The fraction of sp³-hybridized carbons (Fsp3) is 0.222. The molecule has 3 nitrogen and oxygen atoms in total. The van der Waals surface area contributed by atoms with Gasteiger partial charge >= 0.3 is 0 Å². The molecule has 2 aromatic rings. The number of carbonyl (C=O) groups is 2. The zero-order valence-corrected chi connectivity index (χ0v) is 13.2. The highest BCUT2D eigenvalue weighted by Gasteiger charge is 2.58. The highest BCUT2D eigenvalue weighted by Crippen LogP contribution is 2.47. The molecule has 0 amide bonds. The number of carbonyl (C=O) groups excluding carboxylic acids is 2. The van der Waals surface area contributed by atoms with Crippen molar-refractivity contribution in [3.8, 4) is 0 Å². The lowest BCUT2D eigenvalue weighted by Crippen LogP contribution is -2.61. The van der Waals surface area contributed by atoms with Crippen molar-refractivity contribution < 1.29 is 14.7 Å². The average molecular weight is 312 g/mol. The van der Waals surface area contributed by atoms with E-state index in [2.05, 4.69) is 0 Å². The second-order valence-electron chi connectivity index (χ2n) is 5.72. The summed E-state index contributed by atoms with van der Waals surface area (Å²) in [4.78, 5) is 26.5. The van der Waals surface area contributed by atoms with Crippen molar-refractivity contribution >= 4 is 23.3 Å². The van der Waals surface area contributed by atoms with E-state index in [1.807, 2.05) is 30.3 Å². The highest BCUT2D eigenvalue weighted by atomic mass is 32.2. The second-order valence-corrected chi connectivity index (χ2v) is 7.22. The topological polar surface area (TPSA) is 54.4 Å². The largest absolute Gasteiger partial charge is 0.380 e. The van der Waals surface area contributed by atoms with Crippen LogP contribution in [0.2, 0.25) is 0 Å². The predicted octanol–water partition coefficient (Wildman–Crippen LogP) is 3.37. The molecule has 0 aromatic heterocycles. The molecule has 0 heterocycles. The third-order valence-corrected chi connectivity index (χ3v) is 5.78. The van der Waals surface area contributed by atoms with Gasteiger partial charge < -0.3 is 5.11 Å². The van der Waals surface area contributed by atoms with Crippen LogP contribution in [0.4, 0.5) is 0 Å². The Morgan fingerprint density at radius 2 is 1.32 bits per heavy atom. The molecule has 0 bridgehead atoms. The molecule has 3 rings (SSSR count). The predicted molar refractivity (Wildman–Crippen MR) is 86.4 cm³/mol. The molecule has 2 aromatic carbocycles. The fourth-order valence-corrected chi connectivity index (χ4v) is 3.96. The van der Waals surface area contributed by atoms with E-state index in [0.29, 0.717) is 11.1 Å². The van der Waals surface area contributed by atoms with Gasteiger partial charge in [0, 0.05) is 16.0 Å². The van der Waals surface area contributed by atoms with Crippen LogP contribution in [-0.4, -0.2) is 27.0 Å². The number of ketones is 2. The first kappa shape index (κ1) is 15.0. The van der Waals surface area contributed by atoms with E-state index >= 15 is 0 Å². The summed E-state index contributed by atoms with van der Waals surface area (Å²) in [7, 11) is 0. The van der Waals surface area contributed by atoms with E-state index in [1.54, 1.807) is 31.2 Å². The van der Waals surface area contributed by atoms with Crippen LogP contribution in [0.15, 0.2) is 59.5 Å². The first-order valence-electron chi connectivity index (χ1n) is 7.03. The summed E-state index contributed by atoms with van der Waals surface area (Å²) in [5.74, 6) is -0.629. The minimum atomic E-state index is -1.76. The van der Waals surface area contributed by atoms with Gasteiger partial charge in [-0.3, -0.25) is 9.59 Å². The lowest BCUT2D eigenvalue weighted by Gasteiger charge is -2.43. The number of fused-ring (bicyclic) bond motifs is 1. The quantitative estimate of drug-likeness (QED) is 0.924. The Hall–Kier alpha value is -1.91. The molecule has 1 aliphatic carbocycles. The van der Waals surface area contributed by atoms with Gasteiger partial charge in [-0.1, -0.05) is 42.5 Å². The molecule has 0 saturated heterocycles. The molecule has 1 aliphatic rings. The zero-order chi connectivity index (χ0) is 16.0. The van der Waals surface area contributed by atoms with Crippen LogP contribution in [0.3, 0.4) is 0 Å². The summed E-state index contributed by atoms with van der Waals surface area (Å²) >= 11 is 1.23. The standard InChI is InChI=1S/C18H16O3S/c1-17(21)15(19)13-10-6-7-11-14(13)16(20)18(17,2)22-12-8-4-3-5-9-12/h3-11,21H,1-2H3/t17-,18+/m1/s1. The van der Waals surface area contributed by atoms with E-state index in [0.717, 1.165) is 4.90 Å². The number of rotatable bonds is 2. The average Bonchev–Trinajstić information content (AvgIpc) is 2.53. The van der Waals surface area contributed by atoms with Crippen molar-refractivity contribution in [2.24, 2.45) is 0 Å². The second kappa shape index (κ2) is 5.07. The van der Waals surface area contributed by atoms with Crippen LogP contribution in [0.1, 0.15) is 34.6 Å². The molecule has 0 unspecified atom stereocenters. The Morgan fingerprint density at radius 1 is 0.818 bits per heavy atom. The summed E-state index contributed by atoms with van der Waals surface area (Å²) in [5.41, 5.74) is -1.09. The Kier molecular flexibility index (Phi) is 3.46. The first-order valence-corrected chi connectivity index (χ1v) is 7.84. The van der Waals surface area contributed by atoms with E-state index in [-0.39, 0.29) is 5.78 Å². The number of aliphatic hydroxyl groups is 1. The van der Waals surface area contributed by atoms with Gasteiger partial charge in [0.2, 0.25) is 0 Å². The molecule has 0 spiro atoms. The van der Waals surface area contributed by atoms with Crippen molar-refractivity contribution in [2.75, 3.05) is 0 Å². The summed E-state index contributed by atoms with van der Waals surface area (Å²) < 4.78 is -1.26. The maximum Gasteiger partial charge on any atom is 0.196 e. The molecule has 2 atom stereocenters. The maximum absolute atomic E-state index is 13.0. The summed E-state index contributed by atoms with van der Waals surface area (Å²) in [6, 6.07) is 16.0. The molecular formula is C18H16O3S. The van der Waals surface area contributed by atoms with E-state index < -0.39 is 16.1 Å². The number of hydrogen-bond donors (Lipinski definition) is 1. The van der Waals surface area contributed by atoms with Gasteiger partial charge in [0.1, 0.15) is 10.3 Å².